The highest BCUT2D eigenvalue weighted by Gasteiger charge is 2.28. The van der Waals surface area contributed by atoms with E-state index in [4.69, 9.17) is 9.73 Å². The van der Waals surface area contributed by atoms with Crippen molar-refractivity contribution in [1.82, 2.24) is 9.55 Å². The van der Waals surface area contributed by atoms with E-state index < -0.39 is 6.23 Å². The average molecular weight is 377 g/mol. The molecule has 0 saturated heterocycles. The van der Waals surface area contributed by atoms with Gasteiger partial charge in [-0.15, -0.1) is 11.8 Å². The summed E-state index contributed by atoms with van der Waals surface area (Å²) in [6.07, 6.45) is 3.20. The molecule has 136 valence electrons. The van der Waals surface area contributed by atoms with Crippen LogP contribution < -0.4 is 0 Å². The van der Waals surface area contributed by atoms with E-state index >= 15 is 0 Å². The van der Waals surface area contributed by atoms with Crippen LogP contribution in [0.3, 0.4) is 0 Å². The van der Waals surface area contributed by atoms with E-state index in [9.17, 15) is 4.79 Å². The molecular weight excluding hydrogens is 358 g/mol. The summed E-state index contributed by atoms with van der Waals surface area (Å²) in [5, 5.41) is 0. The average Bonchev–Trinajstić information content (AvgIpc) is 3.01. The Labute approximate surface area is 162 Å². The monoisotopic (exact) mass is 377 g/mol. The lowest BCUT2D eigenvalue weighted by Crippen LogP contribution is -2.11. The first-order valence-corrected chi connectivity index (χ1v) is 9.84. The maximum absolute atomic E-state index is 11.7. The fourth-order valence-corrected chi connectivity index (χ4v) is 3.67. The summed E-state index contributed by atoms with van der Waals surface area (Å²) in [7, 11) is 0. The Morgan fingerprint density at radius 1 is 1.19 bits per heavy atom. The van der Waals surface area contributed by atoms with Crippen LogP contribution >= 0.6 is 11.8 Å². The summed E-state index contributed by atoms with van der Waals surface area (Å²) in [6.45, 7) is 3.31. The highest BCUT2D eigenvalue weighted by Crippen LogP contribution is 2.33. The van der Waals surface area contributed by atoms with Gasteiger partial charge in [0.05, 0.1) is 17.1 Å². The number of fused-ring (bicyclic) bond motifs is 3. The van der Waals surface area contributed by atoms with Gasteiger partial charge in [-0.1, -0.05) is 30.3 Å². The molecular formula is C21H19N3O2S. The maximum atomic E-state index is 11.7. The normalized spacial score (nSPS) is 15.4. The van der Waals surface area contributed by atoms with Crippen molar-refractivity contribution >= 4 is 23.4 Å². The van der Waals surface area contributed by atoms with Gasteiger partial charge >= 0.3 is 5.97 Å². The van der Waals surface area contributed by atoms with Crippen LogP contribution in [0.5, 0.6) is 0 Å². The zero-order chi connectivity index (χ0) is 19.0. The molecule has 27 heavy (non-hydrogen) atoms. The number of benzene rings is 2. The molecule has 1 unspecified atom stereocenters. The molecule has 0 bridgehead atoms. The number of thioether (sulfide) groups is 1. The summed E-state index contributed by atoms with van der Waals surface area (Å²) >= 11 is 1.68. The van der Waals surface area contributed by atoms with Crippen LogP contribution in [-0.2, 0) is 9.53 Å². The number of carbonyl (C=O) groups is 1. The molecule has 0 N–H and O–H groups in total. The molecule has 2 heterocycles. The third-order valence-corrected chi connectivity index (χ3v) is 5.09. The van der Waals surface area contributed by atoms with E-state index in [2.05, 4.69) is 23.2 Å². The molecule has 1 atom stereocenters. The molecule has 2 aromatic carbocycles. The minimum atomic E-state index is -0.795. The molecule has 1 aliphatic heterocycles. The fourth-order valence-electron chi connectivity index (χ4n) is 3.23. The number of esters is 1. The lowest BCUT2D eigenvalue weighted by Gasteiger charge is -2.12. The van der Waals surface area contributed by atoms with Gasteiger partial charge in [-0.2, -0.15) is 0 Å². The Bertz CT molecular complexity index is 1040. The Morgan fingerprint density at radius 3 is 2.67 bits per heavy atom. The minimum Gasteiger partial charge on any atom is -0.432 e. The van der Waals surface area contributed by atoms with Crippen molar-refractivity contribution in [2.75, 3.05) is 6.26 Å². The molecule has 1 aliphatic rings. The second-order valence-corrected chi connectivity index (χ2v) is 7.18. The van der Waals surface area contributed by atoms with Crippen LogP contribution in [0.25, 0.3) is 5.69 Å². The summed E-state index contributed by atoms with van der Waals surface area (Å²) in [5.41, 5.74) is 4.56. The summed E-state index contributed by atoms with van der Waals surface area (Å²) < 4.78 is 7.51. The van der Waals surface area contributed by atoms with E-state index in [1.54, 1.807) is 11.8 Å². The van der Waals surface area contributed by atoms with Gasteiger partial charge in [-0.25, -0.2) is 9.98 Å². The van der Waals surface area contributed by atoms with E-state index in [-0.39, 0.29) is 5.97 Å². The Hall–Kier alpha value is -2.86. The molecule has 0 amide bonds. The molecule has 3 aromatic rings. The molecule has 6 heteroatoms. The largest absolute Gasteiger partial charge is 0.432 e. The van der Waals surface area contributed by atoms with E-state index in [1.165, 1.54) is 6.92 Å². The van der Waals surface area contributed by atoms with E-state index in [0.717, 1.165) is 33.1 Å². The number of hydrogen-bond acceptors (Lipinski definition) is 5. The quantitative estimate of drug-likeness (QED) is 0.504. The van der Waals surface area contributed by atoms with Crippen molar-refractivity contribution < 1.29 is 9.53 Å². The van der Waals surface area contributed by atoms with Gasteiger partial charge in [-0.05, 0) is 31.4 Å². The third-order valence-electron chi connectivity index (χ3n) is 4.36. The number of aliphatic imine (C=N–C) groups is 1. The van der Waals surface area contributed by atoms with Crippen LogP contribution in [0.2, 0.25) is 0 Å². The van der Waals surface area contributed by atoms with E-state index in [1.807, 2.05) is 54.3 Å². The minimum absolute atomic E-state index is 0.390. The SMILES string of the molecule is CSc1ccc2c(c1)C(c1ccccc1)=NC(OC(C)=O)c1nc(C)cn1-2. The van der Waals surface area contributed by atoms with Crippen LogP contribution in [0.1, 0.15) is 35.8 Å². The first-order valence-electron chi connectivity index (χ1n) is 8.62. The first kappa shape index (κ1) is 17.5. The molecule has 4 rings (SSSR count). The maximum Gasteiger partial charge on any atom is 0.304 e. The van der Waals surface area contributed by atoms with Crippen LogP contribution in [-0.4, -0.2) is 27.5 Å². The first-order chi connectivity index (χ1) is 13.1. The number of rotatable bonds is 3. The van der Waals surface area contributed by atoms with Gasteiger partial charge in [0.25, 0.3) is 6.23 Å². The fraction of sp³-hybridized carbons (Fsp3) is 0.190. The predicted octanol–water partition coefficient (Wildman–Crippen LogP) is 4.32. The number of aryl methyl sites for hydroxylation is 1. The highest BCUT2D eigenvalue weighted by atomic mass is 32.2. The molecule has 0 radical (unpaired) electrons. The van der Waals surface area contributed by atoms with Crippen molar-refractivity contribution in [2.45, 2.75) is 25.0 Å². The van der Waals surface area contributed by atoms with Gasteiger partial charge in [0, 0.05) is 29.1 Å². The summed E-state index contributed by atoms with van der Waals surface area (Å²) in [4.78, 5) is 22.3. The zero-order valence-electron chi connectivity index (χ0n) is 15.3. The molecule has 1 aromatic heterocycles. The Morgan fingerprint density at radius 2 is 1.96 bits per heavy atom. The number of imidazole rings is 1. The van der Waals surface area contributed by atoms with Gasteiger partial charge in [-0.3, -0.25) is 9.36 Å². The van der Waals surface area contributed by atoms with Gasteiger partial charge < -0.3 is 4.74 Å². The number of hydrogen-bond donors (Lipinski definition) is 0. The van der Waals surface area contributed by atoms with Crippen molar-refractivity contribution in [2.24, 2.45) is 4.99 Å². The number of carbonyl (C=O) groups excluding carboxylic acids is 1. The topological polar surface area (TPSA) is 56.5 Å². The summed E-state index contributed by atoms with van der Waals surface area (Å²) in [6, 6.07) is 16.2. The van der Waals surface area contributed by atoms with Gasteiger partial charge in [0.15, 0.2) is 5.82 Å². The van der Waals surface area contributed by atoms with E-state index in [0.29, 0.717) is 5.82 Å². The van der Waals surface area contributed by atoms with Crippen LogP contribution in [0.15, 0.2) is 64.6 Å². The number of ether oxygens (including phenoxy) is 1. The second-order valence-electron chi connectivity index (χ2n) is 6.30. The smallest absolute Gasteiger partial charge is 0.304 e. The van der Waals surface area contributed by atoms with Gasteiger partial charge in [0.2, 0.25) is 0 Å². The van der Waals surface area contributed by atoms with Crippen molar-refractivity contribution in [3.05, 3.63) is 77.4 Å². The highest BCUT2D eigenvalue weighted by molar-refractivity contribution is 7.98. The number of nitrogens with zero attached hydrogens (tertiary/aromatic N) is 3. The lowest BCUT2D eigenvalue weighted by atomic mass is 10.0. The number of aromatic nitrogens is 2. The third kappa shape index (κ3) is 3.28. The molecule has 0 fully saturated rings. The van der Waals surface area contributed by atoms with Crippen molar-refractivity contribution in [3.8, 4) is 5.69 Å². The van der Waals surface area contributed by atoms with Crippen molar-refractivity contribution in [3.63, 3.8) is 0 Å². The Kier molecular flexibility index (Phi) is 4.58. The Balaban J connectivity index is 2.02. The van der Waals surface area contributed by atoms with Crippen molar-refractivity contribution in [1.29, 1.82) is 0 Å². The van der Waals surface area contributed by atoms with Crippen LogP contribution in [0.4, 0.5) is 0 Å². The predicted molar refractivity (Wildman–Crippen MR) is 107 cm³/mol. The standard InChI is InChI=1S/C21H19N3O2S/c1-13-12-24-18-10-9-16(27-3)11-17(18)19(15-7-5-4-6-8-15)23-21(20(24)22-13)26-14(2)25/h4-12,21H,1-3H3. The zero-order valence-corrected chi connectivity index (χ0v) is 16.2. The van der Waals surface area contributed by atoms with Gasteiger partial charge in [0.1, 0.15) is 0 Å². The summed E-state index contributed by atoms with van der Waals surface area (Å²) in [5.74, 6) is 0.214. The molecule has 0 aliphatic carbocycles. The molecule has 5 nitrogen and oxygen atoms in total. The van der Waals surface area contributed by atoms with Crippen LogP contribution in [0, 0.1) is 6.92 Å². The second kappa shape index (κ2) is 7.04. The lowest BCUT2D eigenvalue weighted by molar-refractivity contribution is -0.146. The molecule has 0 saturated carbocycles. The molecule has 0 spiro atoms.